The maximum Gasteiger partial charge on any atom is 0.435 e. The second-order valence-corrected chi connectivity index (χ2v) is 9.58. The van der Waals surface area contributed by atoms with Crippen LogP contribution in [-0.2, 0) is 22.2 Å². The van der Waals surface area contributed by atoms with Crippen LogP contribution in [0.5, 0.6) is 0 Å². The maximum absolute atomic E-state index is 13.2. The van der Waals surface area contributed by atoms with E-state index >= 15 is 0 Å². The molecule has 0 aliphatic carbocycles. The Morgan fingerprint density at radius 1 is 1.09 bits per heavy atom. The minimum Gasteiger partial charge on any atom is -0.321 e. The van der Waals surface area contributed by atoms with Gasteiger partial charge in [0.25, 0.3) is 5.91 Å². The lowest BCUT2D eigenvalue weighted by molar-refractivity contribution is -0.143. The average molecular weight is 518 g/mol. The number of alkyl halides is 6. The lowest BCUT2D eigenvalue weighted by atomic mass is 10.2. The second kappa shape index (κ2) is 8.08. The summed E-state index contributed by atoms with van der Waals surface area (Å²) in [6.45, 7) is 0. The number of carbonyl (C=O) groups excluding carboxylic acids is 1. The Bertz CT molecular complexity index is 1280. The van der Waals surface area contributed by atoms with Crippen LogP contribution < -0.4 is 5.32 Å². The summed E-state index contributed by atoms with van der Waals surface area (Å²) in [4.78, 5) is 12.0. The summed E-state index contributed by atoms with van der Waals surface area (Å²) in [6, 6.07) is 4.22. The zero-order chi connectivity index (χ0) is 24.1. The zero-order valence-corrected chi connectivity index (χ0v) is 17.9. The van der Waals surface area contributed by atoms with Crippen molar-refractivity contribution < 1.29 is 39.6 Å². The Balaban J connectivity index is 1.89. The lowest BCUT2D eigenvalue weighted by Gasteiger charge is -2.11. The van der Waals surface area contributed by atoms with Gasteiger partial charge in [0.15, 0.2) is 15.5 Å². The smallest absolute Gasteiger partial charge is 0.321 e. The van der Waals surface area contributed by atoms with E-state index in [0.29, 0.717) is 0 Å². The number of nitrogens with one attached hydrogen (secondary N) is 1. The number of rotatable bonds is 4. The SMILES string of the molecule is CS(=O)(=O)c1csc(C(=O)Nc2ccc(-n3nc(C(F)(F)F)cc3C(F)(F)F)cc2)c1Cl. The van der Waals surface area contributed by atoms with Gasteiger partial charge in [-0.2, -0.15) is 31.4 Å². The molecule has 6 nitrogen and oxygen atoms in total. The first-order chi connectivity index (χ1) is 14.6. The molecular weight excluding hydrogens is 508 g/mol. The van der Waals surface area contributed by atoms with Crippen LogP contribution in [0, 0.1) is 0 Å². The molecule has 0 fully saturated rings. The van der Waals surface area contributed by atoms with Crippen LogP contribution in [0.4, 0.5) is 32.0 Å². The van der Waals surface area contributed by atoms with Crippen molar-refractivity contribution in [3.05, 3.63) is 57.0 Å². The highest BCUT2D eigenvalue weighted by Crippen LogP contribution is 2.37. The summed E-state index contributed by atoms with van der Waals surface area (Å²) in [5, 5.41) is 6.29. The molecule has 2 aromatic heterocycles. The number of aromatic nitrogens is 2. The zero-order valence-electron chi connectivity index (χ0n) is 15.5. The highest BCUT2D eigenvalue weighted by molar-refractivity contribution is 7.91. The molecule has 0 atom stereocenters. The van der Waals surface area contributed by atoms with E-state index in [-0.39, 0.29) is 36.9 Å². The number of carbonyl (C=O) groups is 1. The number of sulfone groups is 1. The van der Waals surface area contributed by atoms with Gasteiger partial charge >= 0.3 is 12.4 Å². The molecular formula is C17H10ClF6N3O3S2. The van der Waals surface area contributed by atoms with Crippen LogP contribution in [0.2, 0.25) is 5.02 Å². The minimum absolute atomic E-state index is 0.0703. The van der Waals surface area contributed by atoms with Crippen LogP contribution in [0.25, 0.3) is 5.69 Å². The fourth-order valence-corrected chi connectivity index (χ4v) is 5.33. The monoisotopic (exact) mass is 517 g/mol. The molecule has 0 bridgehead atoms. The summed E-state index contributed by atoms with van der Waals surface area (Å²) in [6.07, 6.45) is -9.27. The summed E-state index contributed by atoms with van der Waals surface area (Å²) in [5.41, 5.74) is -3.60. The van der Waals surface area contributed by atoms with E-state index in [1.165, 1.54) is 5.38 Å². The van der Waals surface area contributed by atoms with Gasteiger partial charge in [0, 0.05) is 23.4 Å². The van der Waals surface area contributed by atoms with Crippen LogP contribution in [0.1, 0.15) is 21.1 Å². The lowest BCUT2D eigenvalue weighted by Crippen LogP contribution is -2.14. The van der Waals surface area contributed by atoms with Gasteiger partial charge in [-0.15, -0.1) is 11.3 Å². The van der Waals surface area contributed by atoms with Crippen LogP contribution >= 0.6 is 22.9 Å². The van der Waals surface area contributed by atoms with Crippen molar-refractivity contribution in [2.75, 3.05) is 11.6 Å². The molecule has 0 spiro atoms. The van der Waals surface area contributed by atoms with E-state index in [4.69, 9.17) is 11.6 Å². The van der Waals surface area contributed by atoms with E-state index in [1.54, 1.807) is 0 Å². The van der Waals surface area contributed by atoms with Crippen molar-refractivity contribution in [2.24, 2.45) is 0 Å². The molecule has 1 aromatic carbocycles. The fraction of sp³-hybridized carbons (Fsp3) is 0.176. The maximum atomic E-state index is 13.2. The molecule has 0 saturated heterocycles. The summed E-state index contributed by atoms with van der Waals surface area (Å²) in [5.74, 6) is -0.780. The fourth-order valence-electron chi connectivity index (χ4n) is 2.52. The van der Waals surface area contributed by atoms with Gasteiger partial charge in [-0.1, -0.05) is 11.6 Å². The van der Waals surface area contributed by atoms with Gasteiger partial charge in [-0.25, -0.2) is 13.1 Å². The first-order valence-electron chi connectivity index (χ1n) is 8.22. The number of anilines is 1. The highest BCUT2D eigenvalue weighted by atomic mass is 35.5. The number of thiophene rings is 1. The van der Waals surface area contributed by atoms with Crippen LogP contribution in [0.15, 0.2) is 40.6 Å². The Morgan fingerprint density at radius 3 is 2.16 bits per heavy atom. The summed E-state index contributed by atoms with van der Waals surface area (Å²) in [7, 11) is -3.66. The van der Waals surface area contributed by atoms with E-state index < -0.39 is 39.5 Å². The molecule has 172 valence electrons. The first-order valence-corrected chi connectivity index (χ1v) is 11.4. The highest BCUT2D eigenvalue weighted by Gasteiger charge is 2.42. The number of amides is 1. The predicted molar refractivity (Wildman–Crippen MR) is 104 cm³/mol. The van der Waals surface area contributed by atoms with Gasteiger partial charge in [-0.05, 0) is 24.3 Å². The van der Waals surface area contributed by atoms with Crippen molar-refractivity contribution in [2.45, 2.75) is 17.2 Å². The molecule has 15 heteroatoms. The van der Waals surface area contributed by atoms with Gasteiger partial charge in [-0.3, -0.25) is 4.79 Å². The van der Waals surface area contributed by atoms with Gasteiger partial charge in [0.1, 0.15) is 10.6 Å². The number of halogens is 7. The van der Waals surface area contributed by atoms with E-state index in [2.05, 4.69) is 10.4 Å². The number of hydrogen-bond donors (Lipinski definition) is 1. The predicted octanol–water partition coefficient (Wildman–Crippen LogP) is 5.28. The van der Waals surface area contributed by atoms with E-state index in [9.17, 15) is 39.6 Å². The molecule has 0 radical (unpaired) electrons. The normalized spacial score (nSPS) is 12.8. The molecule has 2 heterocycles. The average Bonchev–Trinajstić information content (AvgIpc) is 3.25. The molecule has 0 aliphatic heterocycles. The third-order valence-corrected chi connectivity index (χ3v) is 6.83. The number of nitrogens with zero attached hydrogens (tertiary/aromatic N) is 2. The van der Waals surface area contributed by atoms with Crippen molar-refractivity contribution in [3.8, 4) is 5.69 Å². The Labute approximate surface area is 185 Å². The largest absolute Gasteiger partial charge is 0.435 e. The van der Waals surface area contributed by atoms with Crippen molar-refractivity contribution in [1.82, 2.24) is 9.78 Å². The topological polar surface area (TPSA) is 81.1 Å². The van der Waals surface area contributed by atoms with Crippen molar-refractivity contribution in [1.29, 1.82) is 0 Å². The molecule has 1 amide bonds. The number of benzene rings is 1. The molecule has 1 N–H and O–H groups in total. The second-order valence-electron chi connectivity index (χ2n) is 6.34. The van der Waals surface area contributed by atoms with Crippen LogP contribution in [-0.4, -0.2) is 30.4 Å². The van der Waals surface area contributed by atoms with Crippen molar-refractivity contribution in [3.63, 3.8) is 0 Å². The third-order valence-electron chi connectivity index (χ3n) is 3.97. The molecule has 3 rings (SSSR count). The van der Waals surface area contributed by atoms with Gasteiger partial charge < -0.3 is 5.32 Å². The Morgan fingerprint density at radius 2 is 1.69 bits per heavy atom. The molecule has 0 unspecified atom stereocenters. The van der Waals surface area contributed by atoms with Gasteiger partial charge in [0.2, 0.25) is 0 Å². The van der Waals surface area contributed by atoms with E-state index in [1.807, 2.05) is 0 Å². The molecule has 32 heavy (non-hydrogen) atoms. The number of hydrogen-bond acceptors (Lipinski definition) is 5. The molecule has 3 aromatic rings. The standard InChI is InChI=1S/C17H10ClF6N3O3S2/c1-32(29,30)10-7-31-14(13(10)18)15(28)25-8-2-4-9(5-3-8)27-12(17(22,23)24)6-11(26-27)16(19,20)21/h2-7H,1H3,(H,25,28). The van der Waals surface area contributed by atoms with Crippen molar-refractivity contribution >= 4 is 44.4 Å². The minimum atomic E-state index is -5.10. The Kier molecular flexibility index (Phi) is 6.08. The van der Waals surface area contributed by atoms with E-state index in [0.717, 1.165) is 41.9 Å². The Hall–Kier alpha value is -2.58. The van der Waals surface area contributed by atoms with Crippen LogP contribution in [0.3, 0.4) is 0 Å². The van der Waals surface area contributed by atoms with Gasteiger partial charge in [0.05, 0.1) is 15.6 Å². The first kappa shape index (κ1) is 24.1. The third kappa shape index (κ3) is 4.91. The molecule has 0 aliphatic rings. The summed E-state index contributed by atoms with van der Waals surface area (Å²) >= 11 is 6.71. The quantitative estimate of drug-likeness (QED) is 0.477. The molecule has 0 saturated carbocycles. The summed E-state index contributed by atoms with van der Waals surface area (Å²) < 4.78 is 101.